The molecule has 0 saturated carbocycles. The van der Waals surface area contributed by atoms with Gasteiger partial charge in [0, 0.05) is 17.6 Å². The van der Waals surface area contributed by atoms with Crippen LogP contribution in [0.3, 0.4) is 0 Å². The highest BCUT2D eigenvalue weighted by Gasteiger charge is 2.36. The summed E-state index contributed by atoms with van der Waals surface area (Å²) in [5.41, 5.74) is 1.72. The Balaban J connectivity index is 1.84. The molecule has 0 unspecified atom stereocenters. The number of esters is 1. The van der Waals surface area contributed by atoms with E-state index >= 15 is 0 Å². The minimum atomic E-state index is -0.598. The molecule has 0 spiro atoms. The van der Waals surface area contributed by atoms with Gasteiger partial charge in [0.2, 0.25) is 0 Å². The average molecular weight is 356 g/mol. The van der Waals surface area contributed by atoms with Crippen molar-refractivity contribution < 1.29 is 19.1 Å². The molecule has 1 aromatic heterocycles. The van der Waals surface area contributed by atoms with E-state index in [0.717, 1.165) is 28.0 Å². The molecule has 2 heterocycles. The van der Waals surface area contributed by atoms with Gasteiger partial charge < -0.3 is 9.30 Å². The first-order chi connectivity index (χ1) is 12.1. The van der Waals surface area contributed by atoms with Crippen LogP contribution in [0.25, 0.3) is 11.8 Å². The highest BCUT2D eigenvalue weighted by atomic mass is 32.2. The first-order valence-corrected chi connectivity index (χ1v) is 8.55. The zero-order chi connectivity index (χ0) is 17.8. The van der Waals surface area contributed by atoms with Gasteiger partial charge in [0.1, 0.15) is 6.54 Å². The van der Waals surface area contributed by atoms with Gasteiger partial charge in [0.15, 0.2) is 0 Å². The summed E-state index contributed by atoms with van der Waals surface area (Å²) in [6.07, 6.45) is 3.53. The molecule has 0 radical (unpaired) electrons. The van der Waals surface area contributed by atoms with E-state index in [1.807, 2.05) is 53.2 Å². The summed E-state index contributed by atoms with van der Waals surface area (Å²) in [4.78, 5) is 37.2. The van der Waals surface area contributed by atoms with E-state index in [4.69, 9.17) is 4.74 Å². The van der Waals surface area contributed by atoms with Crippen LogP contribution in [-0.2, 0) is 14.3 Å². The fourth-order valence-electron chi connectivity index (χ4n) is 2.44. The number of carbonyl (C=O) groups is 3. The molecule has 2 amide bonds. The number of ether oxygens (including phenoxy) is 1. The Hall–Kier alpha value is -2.80. The molecule has 0 bridgehead atoms. The molecule has 1 saturated heterocycles. The first kappa shape index (κ1) is 17.0. The topological polar surface area (TPSA) is 68.6 Å². The van der Waals surface area contributed by atoms with Crippen LogP contribution in [0.1, 0.15) is 12.6 Å². The number of thioether (sulfide) groups is 1. The number of hydrogen-bond acceptors (Lipinski definition) is 5. The number of para-hydroxylation sites is 1. The molecule has 1 aromatic carbocycles. The van der Waals surface area contributed by atoms with E-state index < -0.39 is 17.1 Å². The molecule has 25 heavy (non-hydrogen) atoms. The van der Waals surface area contributed by atoms with E-state index in [-0.39, 0.29) is 18.1 Å². The van der Waals surface area contributed by atoms with Gasteiger partial charge >= 0.3 is 5.97 Å². The van der Waals surface area contributed by atoms with Crippen LogP contribution < -0.4 is 0 Å². The molecule has 3 rings (SSSR count). The normalized spacial score (nSPS) is 15.9. The highest BCUT2D eigenvalue weighted by molar-refractivity contribution is 8.18. The predicted octanol–water partition coefficient (Wildman–Crippen LogP) is 3.08. The van der Waals surface area contributed by atoms with Gasteiger partial charge in [-0.2, -0.15) is 0 Å². The van der Waals surface area contributed by atoms with Crippen LogP contribution in [0.5, 0.6) is 0 Å². The van der Waals surface area contributed by atoms with Crippen molar-refractivity contribution >= 4 is 35.0 Å². The summed E-state index contributed by atoms with van der Waals surface area (Å²) in [6.45, 7) is 1.51. The molecule has 1 fully saturated rings. The average Bonchev–Trinajstić information content (AvgIpc) is 3.16. The maximum atomic E-state index is 12.4. The minimum Gasteiger partial charge on any atom is -0.465 e. The molecule has 0 aliphatic carbocycles. The van der Waals surface area contributed by atoms with E-state index in [9.17, 15) is 14.4 Å². The van der Waals surface area contributed by atoms with Crippen LogP contribution in [0, 0.1) is 0 Å². The number of nitrogens with zero attached hydrogens (tertiary/aromatic N) is 2. The van der Waals surface area contributed by atoms with Crippen LogP contribution in [0.15, 0.2) is 53.6 Å². The van der Waals surface area contributed by atoms with Gasteiger partial charge in [-0.15, -0.1) is 0 Å². The Bertz CT molecular complexity index is 842. The van der Waals surface area contributed by atoms with Crippen LogP contribution >= 0.6 is 11.8 Å². The van der Waals surface area contributed by atoms with Gasteiger partial charge in [-0.05, 0) is 49.0 Å². The van der Waals surface area contributed by atoms with Crippen molar-refractivity contribution in [3.63, 3.8) is 0 Å². The second-order valence-electron chi connectivity index (χ2n) is 5.21. The first-order valence-electron chi connectivity index (χ1n) is 7.74. The molecule has 1 aliphatic heterocycles. The summed E-state index contributed by atoms with van der Waals surface area (Å²) in [7, 11) is 0. The molecular weight excluding hydrogens is 340 g/mol. The minimum absolute atomic E-state index is 0.204. The lowest BCUT2D eigenvalue weighted by Gasteiger charge is -2.10. The van der Waals surface area contributed by atoms with E-state index in [1.54, 1.807) is 13.0 Å². The fourth-order valence-corrected chi connectivity index (χ4v) is 3.26. The zero-order valence-corrected chi connectivity index (χ0v) is 14.4. The Morgan fingerprint density at radius 2 is 1.92 bits per heavy atom. The quantitative estimate of drug-likeness (QED) is 0.608. The molecule has 0 N–H and O–H groups in total. The van der Waals surface area contributed by atoms with Crippen molar-refractivity contribution in [3.8, 4) is 5.69 Å². The third-order valence-electron chi connectivity index (χ3n) is 3.56. The lowest BCUT2D eigenvalue weighted by molar-refractivity contribution is -0.145. The van der Waals surface area contributed by atoms with Crippen molar-refractivity contribution in [2.75, 3.05) is 13.2 Å². The third kappa shape index (κ3) is 3.66. The maximum Gasteiger partial charge on any atom is 0.326 e. The SMILES string of the molecule is CCOC(=O)CN1C(=O)S/C(=C\c2cccn2-c2ccccc2)C1=O. The summed E-state index contributed by atoms with van der Waals surface area (Å²) in [5, 5.41) is -0.470. The molecule has 0 atom stereocenters. The largest absolute Gasteiger partial charge is 0.465 e. The molecule has 1 aliphatic rings. The Labute approximate surface area is 149 Å². The van der Waals surface area contributed by atoms with Gasteiger partial charge in [-0.25, -0.2) is 0 Å². The predicted molar refractivity (Wildman–Crippen MR) is 95.1 cm³/mol. The second kappa shape index (κ2) is 7.40. The van der Waals surface area contributed by atoms with Crippen molar-refractivity contribution in [1.29, 1.82) is 0 Å². The Kier molecular flexibility index (Phi) is 5.04. The monoisotopic (exact) mass is 356 g/mol. The van der Waals surface area contributed by atoms with Crippen molar-refractivity contribution in [1.82, 2.24) is 9.47 Å². The summed E-state index contributed by atoms with van der Waals surface area (Å²) in [6, 6.07) is 13.4. The van der Waals surface area contributed by atoms with Crippen molar-refractivity contribution in [2.24, 2.45) is 0 Å². The van der Waals surface area contributed by atoms with E-state index in [1.165, 1.54) is 0 Å². The van der Waals surface area contributed by atoms with Crippen molar-refractivity contribution in [3.05, 3.63) is 59.3 Å². The second-order valence-corrected chi connectivity index (χ2v) is 6.20. The van der Waals surface area contributed by atoms with Gasteiger partial charge in [0.05, 0.1) is 11.5 Å². The van der Waals surface area contributed by atoms with E-state index in [0.29, 0.717) is 0 Å². The van der Waals surface area contributed by atoms with Crippen LogP contribution in [0.2, 0.25) is 0 Å². The van der Waals surface area contributed by atoms with Gasteiger partial charge in [-0.3, -0.25) is 19.3 Å². The zero-order valence-electron chi connectivity index (χ0n) is 13.5. The van der Waals surface area contributed by atoms with E-state index in [2.05, 4.69) is 0 Å². The summed E-state index contributed by atoms with van der Waals surface area (Å²) >= 11 is 0.821. The number of imide groups is 1. The number of benzene rings is 1. The molecule has 128 valence electrons. The molecular formula is C18H16N2O4S. The van der Waals surface area contributed by atoms with Crippen molar-refractivity contribution in [2.45, 2.75) is 6.92 Å². The molecule has 2 aromatic rings. The summed E-state index contributed by atoms with van der Waals surface area (Å²) in [5.74, 6) is -1.08. The lowest BCUT2D eigenvalue weighted by Crippen LogP contribution is -2.34. The molecule has 7 heteroatoms. The van der Waals surface area contributed by atoms with Gasteiger partial charge in [-0.1, -0.05) is 18.2 Å². The Morgan fingerprint density at radius 3 is 2.64 bits per heavy atom. The standard InChI is InChI=1S/C18H16N2O4S/c1-2-24-16(21)12-20-17(22)15(25-18(20)23)11-14-9-6-10-19(14)13-7-4-3-5-8-13/h3-11H,2,12H2,1H3/b15-11-. The van der Waals surface area contributed by atoms with Crippen LogP contribution in [0.4, 0.5) is 4.79 Å². The number of aromatic nitrogens is 1. The highest BCUT2D eigenvalue weighted by Crippen LogP contribution is 2.32. The number of amides is 2. The van der Waals surface area contributed by atoms with Gasteiger partial charge in [0.25, 0.3) is 11.1 Å². The number of carbonyl (C=O) groups excluding carboxylic acids is 3. The number of rotatable bonds is 5. The Morgan fingerprint density at radius 1 is 1.16 bits per heavy atom. The van der Waals surface area contributed by atoms with Crippen LogP contribution in [-0.4, -0.2) is 39.7 Å². The smallest absolute Gasteiger partial charge is 0.326 e. The fraction of sp³-hybridized carbons (Fsp3) is 0.167. The maximum absolute atomic E-state index is 12.4. The lowest BCUT2D eigenvalue weighted by atomic mass is 10.3. The summed E-state index contributed by atoms with van der Waals surface area (Å²) < 4.78 is 6.72. The third-order valence-corrected chi connectivity index (χ3v) is 4.47. The number of hydrogen-bond donors (Lipinski definition) is 0. The molecule has 6 nitrogen and oxygen atoms in total.